The fourth-order valence-electron chi connectivity index (χ4n) is 5.11. The third-order valence-corrected chi connectivity index (χ3v) is 7.59. The van der Waals surface area contributed by atoms with Gasteiger partial charge in [0.1, 0.15) is 0 Å². The molecule has 0 aliphatic carbocycles. The van der Waals surface area contributed by atoms with Crippen LogP contribution in [-0.4, -0.2) is 52.7 Å². The number of aryl methyl sites for hydroxylation is 1. The Morgan fingerprint density at radius 3 is 2.08 bits per heavy atom. The van der Waals surface area contributed by atoms with E-state index in [0.29, 0.717) is 10.6 Å². The molecule has 200 valence electrons. The lowest BCUT2D eigenvalue weighted by molar-refractivity contribution is 0.0955. The molecule has 1 fully saturated rings. The first-order valence-electron chi connectivity index (χ1n) is 13.3. The lowest BCUT2D eigenvalue weighted by Gasteiger charge is -2.34. The number of benzene rings is 3. The molecule has 1 aliphatic heterocycles. The van der Waals surface area contributed by atoms with E-state index < -0.39 is 0 Å². The second kappa shape index (κ2) is 12.4. The minimum atomic E-state index is -0.229. The maximum absolute atomic E-state index is 12.7. The van der Waals surface area contributed by atoms with E-state index in [1.54, 1.807) is 6.21 Å². The van der Waals surface area contributed by atoms with Crippen LogP contribution in [0.5, 0.6) is 0 Å². The molecule has 0 spiro atoms. The molecule has 1 saturated heterocycles. The Balaban J connectivity index is 1.12. The molecule has 3 aromatic carbocycles. The first kappa shape index (κ1) is 26.9. The Hall–Kier alpha value is -3.71. The van der Waals surface area contributed by atoms with Crippen molar-refractivity contribution in [2.75, 3.05) is 26.2 Å². The molecular formula is C32H34ClN5O. The lowest BCUT2D eigenvalue weighted by Crippen LogP contribution is -2.45. The van der Waals surface area contributed by atoms with Gasteiger partial charge in [0.05, 0.1) is 16.9 Å². The predicted octanol–water partition coefficient (Wildman–Crippen LogP) is 5.83. The van der Waals surface area contributed by atoms with Crippen LogP contribution in [0, 0.1) is 13.8 Å². The molecular weight excluding hydrogens is 506 g/mol. The van der Waals surface area contributed by atoms with E-state index in [-0.39, 0.29) is 5.91 Å². The van der Waals surface area contributed by atoms with E-state index in [2.05, 4.69) is 55.2 Å². The smallest absolute Gasteiger partial charge is 0.271 e. The van der Waals surface area contributed by atoms with Crippen molar-refractivity contribution < 1.29 is 4.79 Å². The van der Waals surface area contributed by atoms with Crippen LogP contribution in [0.3, 0.4) is 0 Å². The second-order valence-electron chi connectivity index (χ2n) is 10.0. The molecule has 5 rings (SSSR count). The standard InChI is InChI=1S/C32H34ClN5O/c1-24-20-29(25(2)38(24)31-11-7-6-10-30(31)33)21-34-35-32(39)28-14-12-27(13-15-28)23-37-18-16-36(17-19-37)22-26-8-4-3-5-9-26/h3-15,20-21H,16-19,22-23H2,1-2H3,(H,35,39)/b34-21+. The number of amides is 1. The summed E-state index contributed by atoms with van der Waals surface area (Å²) in [6, 6.07) is 28.2. The zero-order valence-electron chi connectivity index (χ0n) is 22.5. The molecule has 0 bridgehead atoms. The van der Waals surface area contributed by atoms with E-state index in [1.807, 2.05) is 68.4 Å². The summed E-state index contributed by atoms with van der Waals surface area (Å²) in [5.74, 6) is -0.229. The normalized spacial score (nSPS) is 14.6. The molecule has 1 aliphatic rings. The maximum atomic E-state index is 12.7. The SMILES string of the molecule is Cc1cc(/C=N/NC(=O)c2ccc(CN3CCN(Cc4ccccc4)CC3)cc2)c(C)n1-c1ccccc1Cl. The third kappa shape index (κ3) is 6.66. The van der Waals surface area contributed by atoms with Crippen LogP contribution in [0.2, 0.25) is 5.02 Å². The van der Waals surface area contributed by atoms with Crippen LogP contribution in [0.4, 0.5) is 0 Å². The van der Waals surface area contributed by atoms with Crippen molar-refractivity contribution in [3.05, 3.63) is 124 Å². The molecule has 0 atom stereocenters. The van der Waals surface area contributed by atoms with E-state index in [1.165, 1.54) is 11.1 Å². The van der Waals surface area contributed by atoms with Gasteiger partial charge in [-0.15, -0.1) is 0 Å². The first-order valence-corrected chi connectivity index (χ1v) is 13.7. The summed E-state index contributed by atoms with van der Waals surface area (Å²) in [7, 11) is 0. The number of carbonyl (C=O) groups excluding carboxylic acids is 1. The molecule has 0 radical (unpaired) electrons. The molecule has 6 nitrogen and oxygen atoms in total. The number of carbonyl (C=O) groups is 1. The Morgan fingerprint density at radius 2 is 1.44 bits per heavy atom. The van der Waals surface area contributed by atoms with Crippen molar-refractivity contribution in [3.8, 4) is 5.69 Å². The number of nitrogens with zero attached hydrogens (tertiary/aromatic N) is 4. The number of para-hydroxylation sites is 1. The van der Waals surface area contributed by atoms with Gasteiger partial charge in [-0.05, 0) is 55.3 Å². The Morgan fingerprint density at radius 1 is 0.846 bits per heavy atom. The highest BCUT2D eigenvalue weighted by atomic mass is 35.5. The van der Waals surface area contributed by atoms with Gasteiger partial charge in [-0.25, -0.2) is 5.43 Å². The molecule has 1 amide bonds. The average Bonchev–Trinajstić information content (AvgIpc) is 3.23. The summed E-state index contributed by atoms with van der Waals surface area (Å²) in [4.78, 5) is 17.7. The predicted molar refractivity (Wildman–Crippen MR) is 159 cm³/mol. The molecule has 4 aromatic rings. The van der Waals surface area contributed by atoms with Crippen LogP contribution in [0.1, 0.15) is 38.4 Å². The van der Waals surface area contributed by atoms with E-state index in [0.717, 1.165) is 61.9 Å². The summed E-state index contributed by atoms with van der Waals surface area (Å²) < 4.78 is 2.09. The Bertz CT molecular complexity index is 1440. The van der Waals surface area contributed by atoms with Gasteiger partial charge in [0.2, 0.25) is 0 Å². The summed E-state index contributed by atoms with van der Waals surface area (Å²) >= 11 is 6.41. The van der Waals surface area contributed by atoms with Crippen LogP contribution in [0.25, 0.3) is 5.69 Å². The number of piperazine rings is 1. The van der Waals surface area contributed by atoms with Crippen molar-refractivity contribution in [1.82, 2.24) is 19.8 Å². The minimum Gasteiger partial charge on any atom is -0.316 e. The van der Waals surface area contributed by atoms with Gasteiger partial charge >= 0.3 is 0 Å². The summed E-state index contributed by atoms with van der Waals surface area (Å²) in [6.45, 7) is 10.2. The number of aromatic nitrogens is 1. The Labute approximate surface area is 235 Å². The highest BCUT2D eigenvalue weighted by molar-refractivity contribution is 6.32. The number of halogens is 1. The topological polar surface area (TPSA) is 52.9 Å². The van der Waals surface area contributed by atoms with Gasteiger partial charge in [0, 0.05) is 61.8 Å². The fourth-order valence-corrected chi connectivity index (χ4v) is 5.33. The molecule has 39 heavy (non-hydrogen) atoms. The zero-order chi connectivity index (χ0) is 27.2. The number of hydrogen-bond acceptors (Lipinski definition) is 4. The number of hydrogen-bond donors (Lipinski definition) is 1. The van der Waals surface area contributed by atoms with Crippen LogP contribution in [0.15, 0.2) is 90.0 Å². The highest BCUT2D eigenvalue weighted by Gasteiger charge is 2.17. The molecule has 0 unspecified atom stereocenters. The van der Waals surface area contributed by atoms with E-state index in [9.17, 15) is 4.79 Å². The highest BCUT2D eigenvalue weighted by Crippen LogP contribution is 2.25. The monoisotopic (exact) mass is 539 g/mol. The first-order chi connectivity index (χ1) is 19.0. The van der Waals surface area contributed by atoms with E-state index in [4.69, 9.17) is 11.6 Å². The third-order valence-electron chi connectivity index (χ3n) is 7.27. The largest absolute Gasteiger partial charge is 0.316 e. The zero-order valence-corrected chi connectivity index (χ0v) is 23.2. The maximum Gasteiger partial charge on any atom is 0.271 e. The van der Waals surface area contributed by atoms with Gasteiger partial charge in [-0.2, -0.15) is 5.10 Å². The molecule has 2 heterocycles. The Kier molecular flexibility index (Phi) is 8.57. The van der Waals surface area contributed by atoms with Gasteiger partial charge in [-0.1, -0.05) is 66.2 Å². The second-order valence-corrected chi connectivity index (χ2v) is 10.5. The van der Waals surface area contributed by atoms with E-state index >= 15 is 0 Å². The van der Waals surface area contributed by atoms with Crippen LogP contribution >= 0.6 is 11.6 Å². The summed E-state index contributed by atoms with van der Waals surface area (Å²) in [5.41, 5.74) is 9.71. The number of rotatable bonds is 8. The van der Waals surface area contributed by atoms with Crippen molar-refractivity contribution in [1.29, 1.82) is 0 Å². The minimum absolute atomic E-state index is 0.229. The van der Waals surface area contributed by atoms with Gasteiger partial charge in [0.15, 0.2) is 0 Å². The van der Waals surface area contributed by atoms with Crippen molar-refractivity contribution >= 4 is 23.7 Å². The number of hydrazone groups is 1. The molecule has 0 saturated carbocycles. The van der Waals surface area contributed by atoms with Gasteiger partial charge in [0.25, 0.3) is 5.91 Å². The molecule has 1 N–H and O–H groups in total. The summed E-state index contributed by atoms with van der Waals surface area (Å²) in [6.07, 6.45) is 1.68. The number of nitrogens with one attached hydrogen (secondary N) is 1. The van der Waals surface area contributed by atoms with Crippen LogP contribution in [-0.2, 0) is 13.1 Å². The van der Waals surface area contributed by atoms with Gasteiger partial charge < -0.3 is 4.57 Å². The molecule has 7 heteroatoms. The van der Waals surface area contributed by atoms with Crippen molar-refractivity contribution in [3.63, 3.8) is 0 Å². The fraction of sp³-hybridized carbons (Fsp3) is 0.250. The molecule has 1 aromatic heterocycles. The summed E-state index contributed by atoms with van der Waals surface area (Å²) in [5, 5.41) is 4.90. The quantitative estimate of drug-likeness (QED) is 0.226. The van der Waals surface area contributed by atoms with Crippen molar-refractivity contribution in [2.45, 2.75) is 26.9 Å². The average molecular weight is 540 g/mol. The lowest BCUT2D eigenvalue weighted by atomic mass is 10.1. The van der Waals surface area contributed by atoms with Crippen LogP contribution < -0.4 is 5.43 Å². The van der Waals surface area contributed by atoms with Gasteiger partial charge in [-0.3, -0.25) is 14.6 Å². The van der Waals surface area contributed by atoms with Crippen molar-refractivity contribution in [2.24, 2.45) is 5.10 Å².